The van der Waals surface area contributed by atoms with Crippen molar-refractivity contribution < 1.29 is 35.2 Å². The lowest BCUT2D eigenvalue weighted by molar-refractivity contribution is -0.146. The van der Waals surface area contributed by atoms with E-state index in [4.69, 9.17) is 9.26 Å². The fourth-order valence-electron chi connectivity index (χ4n) is 4.76. The molecule has 1 aliphatic heterocycles. The minimum atomic E-state index is -4.64. The van der Waals surface area contributed by atoms with Crippen LogP contribution in [-0.2, 0) is 16.0 Å². The Balaban J connectivity index is 1.25. The summed E-state index contributed by atoms with van der Waals surface area (Å²) in [5, 5.41) is 3.05. The molecule has 1 saturated carbocycles. The molecule has 194 valence electrons. The number of benzene rings is 1. The number of hydrogen-bond donors (Lipinski definition) is 0. The SMILES string of the molecule is CC1CN(C2CCC(COc3ccc(S(C)(=O)=O)cc3F)CC2)CCN1c1nc(C(F)(F)F)no1. The zero-order chi connectivity index (χ0) is 25.4. The van der Waals surface area contributed by atoms with Crippen molar-refractivity contribution in [2.75, 3.05) is 37.4 Å². The molecule has 0 N–H and O–H groups in total. The molecule has 1 aliphatic carbocycles. The zero-order valence-corrected chi connectivity index (χ0v) is 20.3. The summed E-state index contributed by atoms with van der Waals surface area (Å²) in [6, 6.07) is 3.82. The van der Waals surface area contributed by atoms with Crippen molar-refractivity contribution in [1.82, 2.24) is 15.0 Å². The predicted octanol–water partition coefficient (Wildman–Crippen LogP) is 3.78. The van der Waals surface area contributed by atoms with E-state index in [0.29, 0.717) is 32.3 Å². The number of piperazine rings is 1. The van der Waals surface area contributed by atoms with Crippen molar-refractivity contribution in [1.29, 1.82) is 0 Å². The van der Waals surface area contributed by atoms with Crippen molar-refractivity contribution in [2.24, 2.45) is 5.92 Å². The van der Waals surface area contributed by atoms with E-state index in [1.165, 1.54) is 12.1 Å². The Labute approximate surface area is 201 Å². The van der Waals surface area contributed by atoms with Crippen LogP contribution in [0.15, 0.2) is 27.6 Å². The Morgan fingerprint density at radius 2 is 1.89 bits per heavy atom. The summed E-state index contributed by atoms with van der Waals surface area (Å²) in [4.78, 5) is 7.48. The number of alkyl halides is 3. The standard InChI is InChI=1S/C22H28F4N4O4S/c1-14-12-29(9-10-30(14)21-27-20(28-34-21)22(24,25)26)16-5-3-15(4-6-16)13-33-19-8-7-17(11-18(19)23)35(2,31)32/h7-8,11,14-16H,3-6,9-10,12-13H2,1-2H3. The number of ether oxygens (including phenoxy) is 1. The van der Waals surface area contributed by atoms with Gasteiger partial charge in [-0.25, -0.2) is 12.8 Å². The third kappa shape index (κ3) is 6.05. The van der Waals surface area contributed by atoms with Crippen molar-refractivity contribution in [3.8, 4) is 5.75 Å². The average Bonchev–Trinajstić information content (AvgIpc) is 3.28. The third-order valence-corrected chi connectivity index (χ3v) is 7.82. The van der Waals surface area contributed by atoms with Crippen molar-refractivity contribution in [2.45, 2.75) is 55.8 Å². The maximum Gasteiger partial charge on any atom is 0.455 e. The summed E-state index contributed by atoms with van der Waals surface area (Å²) in [5.41, 5.74) is 0. The number of sulfone groups is 1. The Hall–Kier alpha value is -2.41. The number of halogens is 4. The smallest absolute Gasteiger partial charge is 0.455 e. The fraction of sp³-hybridized carbons (Fsp3) is 0.636. The lowest BCUT2D eigenvalue weighted by Gasteiger charge is -2.44. The van der Waals surface area contributed by atoms with E-state index in [0.717, 1.165) is 38.0 Å². The molecular weight excluding hydrogens is 492 g/mol. The molecule has 0 bridgehead atoms. The molecule has 4 rings (SSSR count). The Kier molecular flexibility index (Phi) is 7.28. The zero-order valence-electron chi connectivity index (χ0n) is 19.5. The summed E-state index contributed by atoms with van der Waals surface area (Å²) in [5.74, 6) is -1.66. The molecule has 1 aromatic carbocycles. The van der Waals surface area contributed by atoms with Gasteiger partial charge in [0.25, 0.3) is 5.82 Å². The molecule has 2 aliphatic rings. The largest absolute Gasteiger partial charge is 0.490 e. The first kappa shape index (κ1) is 25.7. The van der Waals surface area contributed by atoms with Gasteiger partial charge >= 0.3 is 12.2 Å². The van der Waals surface area contributed by atoms with Crippen LogP contribution in [0.2, 0.25) is 0 Å². The third-order valence-electron chi connectivity index (χ3n) is 6.71. The fourth-order valence-corrected chi connectivity index (χ4v) is 5.40. The molecule has 1 unspecified atom stereocenters. The van der Waals surface area contributed by atoms with E-state index in [1.54, 1.807) is 4.90 Å². The first-order valence-electron chi connectivity index (χ1n) is 11.5. The van der Waals surface area contributed by atoms with Gasteiger partial charge in [0.05, 0.1) is 11.5 Å². The van der Waals surface area contributed by atoms with Crippen molar-refractivity contribution in [3.63, 3.8) is 0 Å². The second kappa shape index (κ2) is 9.92. The summed E-state index contributed by atoms with van der Waals surface area (Å²) in [6.45, 7) is 4.12. The average molecular weight is 521 g/mol. The van der Waals surface area contributed by atoms with Gasteiger partial charge in [0.2, 0.25) is 0 Å². The summed E-state index contributed by atoms with van der Waals surface area (Å²) >= 11 is 0. The predicted molar refractivity (Wildman–Crippen MR) is 118 cm³/mol. The molecule has 2 aromatic rings. The number of hydrogen-bond acceptors (Lipinski definition) is 8. The number of rotatable bonds is 6. The Morgan fingerprint density at radius 1 is 1.17 bits per heavy atom. The van der Waals surface area contributed by atoms with Gasteiger partial charge in [-0.05, 0) is 61.9 Å². The van der Waals surface area contributed by atoms with Gasteiger partial charge in [-0.3, -0.25) is 4.90 Å². The molecule has 0 amide bonds. The van der Waals surface area contributed by atoms with Crippen LogP contribution in [0.3, 0.4) is 0 Å². The summed E-state index contributed by atoms with van der Waals surface area (Å²) < 4.78 is 86.1. The Morgan fingerprint density at radius 3 is 2.46 bits per heavy atom. The van der Waals surface area contributed by atoms with Gasteiger partial charge in [-0.2, -0.15) is 18.2 Å². The molecule has 1 saturated heterocycles. The molecule has 0 spiro atoms. The van der Waals surface area contributed by atoms with Crippen LogP contribution in [-0.4, -0.2) is 68.0 Å². The molecule has 1 aromatic heterocycles. The molecule has 2 fully saturated rings. The maximum absolute atomic E-state index is 14.2. The van der Waals surface area contributed by atoms with E-state index in [-0.39, 0.29) is 28.6 Å². The van der Waals surface area contributed by atoms with Crippen LogP contribution in [0.25, 0.3) is 0 Å². The van der Waals surface area contributed by atoms with Crippen LogP contribution in [0, 0.1) is 11.7 Å². The summed E-state index contributed by atoms with van der Waals surface area (Å²) in [6.07, 6.45) is 0.0720. The van der Waals surface area contributed by atoms with E-state index >= 15 is 0 Å². The summed E-state index contributed by atoms with van der Waals surface area (Å²) in [7, 11) is -3.48. The highest BCUT2D eigenvalue weighted by molar-refractivity contribution is 7.90. The molecule has 0 radical (unpaired) electrons. The molecule has 1 atom stereocenters. The van der Waals surface area contributed by atoms with Crippen LogP contribution in [0.4, 0.5) is 23.6 Å². The molecule has 13 heteroatoms. The second-order valence-corrected chi connectivity index (χ2v) is 11.3. The molecular formula is C22H28F4N4O4S. The molecule has 2 heterocycles. The Bertz CT molecular complexity index is 1130. The topological polar surface area (TPSA) is 88.8 Å². The number of anilines is 1. The molecule has 35 heavy (non-hydrogen) atoms. The first-order chi connectivity index (χ1) is 16.4. The van der Waals surface area contributed by atoms with Gasteiger partial charge < -0.3 is 14.2 Å². The maximum atomic E-state index is 14.2. The van der Waals surface area contributed by atoms with Gasteiger partial charge in [-0.1, -0.05) is 0 Å². The van der Waals surface area contributed by atoms with Gasteiger partial charge in [0.15, 0.2) is 21.4 Å². The van der Waals surface area contributed by atoms with E-state index in [2.05, 4.69) is 15.0 Å². The quantitative estimate of drug-likeness (QED) is 0.532. The highest BCUT2D eigenvalue weighted by atomic mass is 32.2. The monoisotopic (exact) mass is 520 g/mol. The van der Waals surface area contributed by atoms with Crippen molar-refractivity contribution in [3.05, 3.63) is 29.8 Å². The highest BCUT2D eigenvalue weighted by Gasteiger charge is 2.39. The lowest BCUT2D eigenvalue weighted by atomic mass is 9.85. The van der Waals surface area contributed by atoms with Gasteiger partial charge in [0.1, 0.15) is 0 Å². The lowest BCUT2D eigenvalue weighted by Crippen LogP contribution is -2.55. The number of aromatic nitrogens is 2. The van der Waals surface area contributed by atoms with Crippen molar-refractivity contribution >= 4 is 15.9 Å². The van der Waals surface area contributed by atoms with Crippen LogP contribution < -0.4 is 9.64 Å². The molecule has 8 nitrogen and oxygen atoms in total. The highest BCUT2D eigenvalue weighted by Crippen LogP contribution is 2.32. The first-order valence-corrected chi connectivity index (χ1v) is 13.3. The minimum absolute atomic E-state index is 0.0409. The van der Waals surface area contributed by atoms with E-state index in [9.17, 15) is 26.0 Å². The normalized spacial score (nSPS) is 24.5. The van der Waals surface area contributed by atoms with Gasteiger partial charge in [0, 0.05) is 38.0 Å². The van der Waals surface area contributed by atoms with Crippen LogP contribution in [0.5, 0.6) is 5.75 Å². The minimum Gasteiger partial charge on any atom is -0.490 e. The van der Waals surface area contributed by atoms with E-state index in [1.807, 2.05) is 6.92 Å². The number of nitrogens with zero attached hydrogens (tertiary/aromatic N) is 4. The van der Waals surface area contributed by atoms with Crippen LogP contribution >= 0.6 is 0 Å². The van der Waals surface area contributed by atoms with Crippen LogP contribution in [0.1, 0.15) is 38.4 Å². The van der Waals surface area contributed by atoms with E-state index < -0.39 is 27.7 Å². The van der Waals surface area contributed by atoms with Gasteiger partial charge in [-0.15, -0.1) is 0 Å². The second-order valence-electron chi connectivity index (χ2n) is 9.29.